The Labute approximate surface area is 147 Å². The summed E-state index contributed by atoms with van der Waals surface area (Å²) in [5.41, 5.74) is 11.0. The molecule has 0 aromatic heterocycles. The Bertz CT molecular complexity index is 802. The zero-order valence-electron chi connectivity index (χ0n) is 14.3. The molecule has 3 N–H and O–H groups in total. The smallest absolute Gasteiger partial charge is 0.193 e. The molecule has 0 amide bonds. The largest absolute Gasteiger partial charge is 0.490 e. The van der Waals surface area contributed by atoms with Crippen molar-refractivity contribution in [2.75, 3.05) is 18.5 Å². The van der Waals surface area contributed by atoms with Gasteiger partial charge in [-0.2, -0.15) is 0 Å². The lowest BCUT2D eigenvalue weighted by Crippen LogP contribution is -2.22. The normalized spacial score (nSPS) is 16.2. The molecule has 0 saturated carbocycles. The van der Waals surface area contributed by atoms with Crippen LogP contribution >= 0.6 is 0 Å². The fourth-order valence-corrected chi connectivity index (χ4v) is 3.32. The average molecular weight is 337 g/mol. The summed E-state index contributed by atoms with van der Waals surface area (Å²) in [5, 5.41) is 3.19. The van der Waals surface area contributed by atoms with Crippen molar-refractivity contribution in [2.45, 2.75) is 32.2 Å². The molecule has 1 heterocycles. The molecule has 2 aliphatic rings. The summed E-state index contributed by atoms with van der Waals surface area (Å²) in [6.45, 7) is 1.88. The number of nitrogens with one attached hydrogen (secondary N) is 1. The Morgan fingerprint density at radius 2 is 1.80 bits per heavy atom. The highest BCUT2D eigenvalue weighted by molar-refractivity contribution is 5.92. The number of anilines is 1. The zero-order valence-corrected chi connectivity index (χ0v) is 14.3. The highest BCUT2D eigenvalue weighted by Gasteiger charge is 2.12. The Morgan fingerprint density at radius 3 is 2.72 bits per heavy atom. The van der Waals surface area contributed by atoms with Crippen molar-refractivity contribution in [3.8, 4) is 11.5 Å². The van der Waals surface area contributed by atoms with Crippen LogP contribution in [0.5, 0.6) is 11.5 Å². The summed E-state index contributed by atoms with van der Waals surface area (Å²) in [4.78, 5) is 4.44. The number of nitrogens with two attached hydrogens (primary N) is 1. The molecule has 1 aliphatic heterocycles. The van der Waals surface area contributed by atoms with Crippen LogP contribution < -0.4 is 20.5 Å². The van der Waals surface area contributed by atoms with Crippen molar-refractivity contribution < 1.29 is 9.47 Å². The van der Waals surface area contributed by atoms with Crippen molar-refractivity contribution in [2.24, 2.45) is 10.7 Å². The first kappa shape index (κ1) is 15.8. The second-order valence-corrected chi connectivity index (χ2v) is 6.50. The number of aryl methyl sites for hydroxylation is 2. The molecule has 1 aliphatic carbocycles. The third kappa shape index (κ3) is 3.71. The van der Waals surface area contributed by atoms with Crippen molar-refractivity contribution >= 4 is 11.6 Å². The van der Waals surface area contributed by atoms with Gasteiger partial charge in [-0.25, -0.2) is 4.99 Å². The standard InChI is InChI=1S/C20H23N3O2/c21-20(23-17-7-6-15-3-1-4-16(15)12-17)22-13-14-5-8-18-19(11-14)25-10-2-9-24-18/h5-8,11-12H,1-4,9-10,13H2,(H3,21,22,23). The van der Waals surface area contributed by atoms with Gasteiger partial charge in [-0.1, -0.05) is 12.1 Å². The van der Waals surface area contributed by atoms with Gasteiger partial charge in [0.25, 0.3) is 0 Å². The predicted molar refractivity (Wildman–Crippen MR) is 99.5 cm³/mol. The van der Waals surface area contributed by atoms with Crippen LogP contribution in [-0.4, -0.2) is 19.2 Å². The third-order valence-corrected chi connectivity index (χ3v) is 4.61. The lowest BCUT2D eigenvalue weighted by Gasteiger charge is -2.10. The SMILES string of the molecule is NC(=NCc1ccc2c(c1)OCCCO2)Nc1ccc2c(c1)CCC2. The molecule has 0 unspecified atom stereocenters. The maximum Gasteiger partial charge on any atom is 0.193 e. The Balaban J connectivity index is 1.42. The summed E-state index contributed by atoms with van der Waals surface area (Å²) in [6, 6.07) is 12.3. The maximum absolute atomic E-state index is 6.04. The number of fused-ring (bicyclic) bond motifs is 2. The highest BCUT2D eigenvalue weighted by Crippen LogP contribution is 2.30. The molecule has 5 heteroatoms. The summed E-state index contributed by atoms with van der Waals surface area (Å²) in [6.07, 6.45) is 4.48. The van der Waals surface area contributed by atoms with Crippen LogP contribution in [0.4, 0.5) is 5.69 Å². The van der Waals surface area contributed by atoms with Crippen LogP contribution in [-0.2, 0) is 19.4 Å². The fourth-order valence-electron chi connectivity index (χ4n) is 3.32. The number of nitrogens with zero attached hydrogens (tertiary/aromatic N) is 1. The van der Waals surface area contributed by atoms with Crippen LogP contribution in [0.3, 0.4) is 0 Å². The van der Waals surface area contributed by atoms with Gasteiger partial charge in [0, 0.05) is 12.1 Å². The molecule has 5 nitrogen and oxygen atoms in total. The van der Waals surface area contributed by atoms with E-state index in [9.17, 15) is 0 Å². The number of aliphatic imine (C=N–C) groups is 1. The molecule has 4 rings (SSSR count). The number of rotatable bonds is 3. The van der Waals surface area contributed by atoms with E-state index in [1.54, 1.807) is 0 Å². The fraction of sp³-hybridized carbons (Fsp3) is 0.350. The van der Waals surface area contributed by atoms with E-state index in [0.29, 0.717) is 25.7 Å². The van der Waals surface area contributed by atoms with E-state index in [2.05, 4.69) is 28.5 Å². The zero-order chi connectivity index (χ0) is 17.1. The Hall–Kier alpha value is -2.69. The lowest BCUT2D eigenvalue weighted by molar-refractivity contribution is 0.297. The van der Waals surface area contributed by atoms with Crippen LogP contribution in [0.2, 0.25) is 0 Å². The topological polar surface area (TPSA) is 68.9 Å². The molecule has 0 radical (unpaired) electrons. The van der Waals surface area contributed by atoms with E-state index in [-0.39, 0.29) is 0 Å². The monoisotopic (exact) mass is 337 g/mol. The van der Waals surface area contributed by atoms with Crippen LogP contribution in [0, 0.1) is 0 Å². The maximum atomic E-state index is 6.04. The van der Waals surface area contributed by atoms with Gasteiger partial charge in [-0.15, -0.1) is 0 Å². The second-order valence-electron chi connectivity index (χ2n) is 6.50. The van der Waals surface area contributed by atoms with E-state index < -0.39 is 0 Å². The molecular formula is C20H23N3O2. The van der Waals surface area contributed by atoms with Gasteiger partial charge < -0.3 is 20.5 Å². The van der Waals surface area contributed by atoms with Crippen molar-refractivity contribution in [1.29, 1.82) is 0 Å². The van der Waals surface area contributed by atoms with Gasteiger partial charge in [0.1, 0.15) is 0 Å². The van der Waals surface area contributed by atoms with Gasteiger partial charge in [0.05, 0.1) is 19.8 Å². The number of ether oxygens (including phenoxy) is 2. The second kappa shape index (κ2) is 7.05. The van der Waals surface area contributed by atoms with Gasteiger partial charge in [0.2, 0.25) is 0 Å². The van der Waals surface area contributed by atoms with E-state index in [0.717, 1.165) is 35.6 Å². The van der Waals surface area contributed by atoms with E-state index in [1.165, 1.54) is 24.0 Å². The minimum atomic E-state index is 0.421. The molecule has 0 saturated heterocycles. The minimum absolute atomic E-state index is 0.421. The van der Waals surface area contributed by atoms with Gasteiger partial charge in [-0.3, -0.25) is 0 Å². The third-order valence-electron chi connectivity index (χ3n) is 4.61. The van der Waals surface area contributed by atoms with Crippen LogP contribution in [0.1, 0.15) is 29.5 Å². The van der Waals surface area contributed by atoms with Crippen molar-refractivity contribution in [3.63, 3.8) is 0 Å². The lowest BCUT2D eigenvalue weighted by atomic mass is 10.1. The molecule has 0 spiro atoms. The molecule has 0 bridgehead atoms. The number of benzene rings is 2. The van der Waals surface area contributed by atoms with E-state index >= 15 is 0 Å². The molecular weight excluding hydrogens is 314 g/mol. The van der Waals surface area contributed by atoms with E-state index in [1.807, 2.05) is 18.2 Å². The van der Waals surface area contributed by atoms with Gasteiger partial charge in [-0.05, 0) is 60.2 Å². The quantitative estimate of drug-likeness (QED) is 0.666. The minimum Gasteiger partial charge on any atom is -0.490 e. The number of hydrogen-bond acceptors (Lipinski definition) is 3. The van der Waals surface area contributed by atoms with Gasteiger partial charge >= 0.3 is 0 Å². The molecule has 0 fully saturated rings. The van der Waals surface area contributed by atoms with Crippen LogP contribution in [0.15, 0.2) is 41.4 Å². The van der Waals surface area contributed by atoms with E-state index in [4.69, 9.17) is 15.2 Å². The average Bonchev–Trinajstić information content (AvgIpc) is 2.96. The number of guanidine groups is 1. The van der Waals surface area contributed by atoms with Crippen molar-refractivity contribution in [1.82, 2.24) is 0 Å². The van der Waals surface area contributed by atoms with Gasteiger partial charge in [0.15, 0.2) is 17.5 Å². The molecule has 130 valence electrons. The number of hydrogen-bond donors (Lipinski definition) is 2. The molecule has 0 atom stereocenters. The summed E-state index contributed by atoms with van der Waals surface area (Å²) in [5.74, 6) is 2.01. The first-order chi connectivity index (χ1) is 12.3. The summed E-state index contributed by atoms with van der Waals surface area (Å²) in [7, 11) is 0. The highest BCUT2D eigenvalue weighted by atomic mass is 16.5. The first-order valence-electron chi connectivity index (χ1n) is 8.85. The summed E-state index contributed by atoms with van der Waals surface area (Å²) < 4.78 is 11.4. The Morgan fingerprint density at radius 1 is 0.960 bits per heavy atom. The summed E-state index contributed by atoms with van der Waals surface area (Å²) >= 11 is 0. The molecule has 25 heavy (non-hydrogen) atoms. The van der Waals surface area contributed by atoms with Crippen molar-refractivity contribution in [3.05, 3.63) is 53.1 Å². The van der Waals surface area contributed by atoms with Crippen LogP contribution in [0.25, 0.3) is 0 Å². The first-order valence-corrected chi connectivity index (χ1v) is 8.85. The Kier molecular flexibility index (Phi) is 4.46. The predicted octanol–water partition coefficient (Wildman–Crippen LogP) is 3.26. The molecule has 2 aromatic carbocycles. The molecule has 2 aromatic rings.